The van der Waals surface area contributed by atoms with Crippen LogP contribution in [0.5, 0.6) is 0 Å². The van der Waals surface area contributed by atoms with Gasteiger partial charge in [-0.2, -0.15) is 5.10 Å². The average Bonchev–Trinajstić information content (AvgIpc) is 3.09. The predicted molar refractivity (Wildman–Crippen MR) is 95.7 cm³/mol. The molecule has 0 N–H and O–H groups in total. The van der Waals surface area contributed by atoms with E-state index in [1.165, 1.54) is 17.7 Å². The minimum atomic E-state index is -0.235. The van der Waals surface area contributed by atoms with Crippen LogP contribution in [0.3, 0.4) is 0 Å². The summed E-state index contributed by atoms with van der Waals surface area (Å²) in [5.74, 6) is -0.235. The van der Waals surface area contributed by atoms with Crippen molar-refractivity contribution in [3.8, 4) is 0 Å². The number of nitrogens with zero attached hydrogens (tertiary/aromatic N) is 2. The summed E-state index contributed by atoms with van der Waals surface area (Å²) in [5, 5.41) is 6.84. The fourth-order valence-electron chi connectivity index (χ4n) is 3.08. The van der Waals surface area contributed by atoms with E-state index in [1.807, 2.05) is 41.4 Å². The van der Waals surface area contributed by atoms with E-state index in [0.29, 0.717) is 0 Å². The molecule has 0 radical (unpaired) electrons. The largest absolute Gasteiger partial charge is 0.257 e. The molecule has 0 spiro atoms. The zero-order chi connectivity index (χ0) is 16.4. The fraction of sp³-hybridized carbons (Fsp3) is 0.0952. The van der Waals surface area contributed by atoms with E-state index in [4.69, 9.17) is 5.10 Å². The van der Waals surface area contributed by atoms with Crippen molar-refractivity contribution in [2.45, 2.75) is 12.5 Å². The van der Waals surface area contributed by atoms with Gasteiger partial charge < -0.3 is 0 Å². The molecule has 1 aliphatic rings. The van der Waals surface area contributed by atoms with Crippen LogP contribution >= 0.6 is 0 Å². The van der Waals surface area contributed by atoms with Crippen LogP contribution in [0, 0.1) is 5.82 Å². The highest BCUT2D eigenvalue weighted by atomic mass is 19.1. The smallest absolute Gasteiger partial charge is 0.123 e. The highest BCUT2D eigenvalue weighted by molar-refractivity contribution is 6.03. The summed E-state index contributed by atoms with van der Waals surface area (Å²) in [6.45, 7) is 0. The number of rotatable bonds is 3. The third kappa shape index (κ3) is 2.81. The van der Waals surface area contributed by atoms with E-state index in [0.717, 1.165) is 23.4 Å². The van der Waals surface area contributed by atoms with Gasteiger partial charge in [-0.15, -0.1) is 0 Å². The molecule has 118 valence electrons. The van der Waals surface area contributed by atoms with Crippen LogP contribution in [0.1, 0.15) is 23.6 Å². The summed E-state index contributed by atoms with van der Waals surface area (Å²) in [6, 6.07) is 27.2. The first kappa shape index (κ1) is 14.6. The zero-order valence-corrected chi connectivity index (χ0v) is 13.1. The molecule has 0 saturated heterocycles. The second-order valence-corrected chi connectivity index (χ2v) is 5.86. The molecular formula is C21H17FN2. The Labute approximate surface area is 140 Å². The molecule has 1 atom stereocenters. The second kappa shape index (κ2) is 6.28. The minimum absolute atomic E-state index is 0.117. The molecule has 3 aromatic carbocycles. The van der Waals surface area contributed by atoms with Crippen molar-refractivity contribution in [2.75, 3.05) is 5.01 Å². The van der Waals surface area contributed by atoms with E-state index in [2.05, 4.69) is 24.3 Å². The molecule has 0 aromatic heterocycles. The monoisotopic (exact) mass is 316 g/mol. The first-order chi connectivity index (χ1) is 11.8. The summed E-state index contributed by atoms with van der Waals surface area (Å²) in [4.78, 5) is 0. The van der Waals surface area contributed by atoms with E-state index in [1.54, 1.807) is 12.1 Å². The minimum Gasteiger partial charge on any atom is -0.257 e. The van der Waals surface area contributed by atoms with Crippen molar-refractivity contribution >= 4 is 11.4 Å². The molecule has 3 heteroatoms. The highest BCUT2D eigenvalue weighted by Crippen LogP contribution is 2.36. The first-order valence-corrected chi connectivity index (χ1v) is 8.04. The van der Waals surface area contributed by atoms with Crippen LogP contribution < -0.4 is 5.01 Å². The number of benzene rings is 3. The van der Waals surface area contributed by atoms with Gasteiger partial charge in [0.05, 0.1) is 17.4 Å². The summed E-state index contributed by atoms with van der Waals surface area (Å²) < 4.78 is 13.3. The van der Waals surface area contributed by atoms with Crippen molar-refractivity contribution in [3.63, 3.8) is 0 Å². The Hall–Kier alpha value is -2.94. The van der Waals surface area contributed by atoms with Gasteiger partial charge >= 0.3 is 0 Å². The van der Waals surface area contributed by atoms with Crippen molar-refractivity contribution in [3.05, 3.63) is 102 Å². The Balaban J connectivity index is 1.75. The highest BCUT2D eigenvalue weighted by Gasteiger charge is 2.29. The molecule has 1 aliphatic heterocycles. The Morgan fingerprint density at radius 3 is 2.08 bits per heavy atom. The number of hydrogen-bond donors (Lipinski definition) is 0. The van der Waals surface area contributed by atoms with E-state index in [-0.39, 0.29) is 11.9 Å². The molecular weight excluding hydrogens is 299 g/mol. The summed E-state index contributed by atoms with van der Waals surface area (Å²) in [7, 11) is 0. The molecule has 0 amide bonds. The van der Waals surface area contributed by atoms with Crippen molar-refractivity contribution in [1.29, 1.82) is 0 Å². The lowest BCUT2D eigenvalue weighted by molar-refractivity contribution is 0.626. The molecule has 1 unspecified atom stereocenters. The molecule has 3 aromatic rings. The normalized spacial score (nSPS) is 17.0. The fourth-order valence-corrected chi connectivity index (χ4v) is 3.08. The lowest BCUT2D eigenvalue weighted by Gasteiger charge is -2.24. The van der Waals surface area contributed by atoms with Gasteiger partial charge in [-0.1, -0.05) is 60.7 Å². The number of hydrazone groups is 1. The van der Waals surface area contributed by atoms with Crippen LogP contribution in [-0.2, 0) is 0 Å². The van der Waals surface area contributed by atoms with Crippen molar-refractivity contribution in [1.82, 2.24) is 0 Å². The van der Waals surface area contributed by atoms with Gasteiger partial charge in [-0.05, 0) is 35.4 Å². The molecule has 0 aliphatic carbocycles. The third-order valence-corrected chi connectivity index (χ3v) is 4.29. The maximum Gasteiger partial charge on any atom is 0.123 e. The maximum atomic E-state index is 13.3. The Kier molecular flexibility index (Phi) is 3.83. The van der Waals surface area contributed by atoms with Crippen molar-refractivity contribution in [2.24, 2.45) is 5.10 Å². The molecule has 24 heavy (non-hydrogen) atoms. The van der Waals surface area contributed by atoms with E-state index in [9.17, 15) is 4.39 Å². The molecule has 4 rings (SSSR count). The Bertz CT molecular complexity index is 842. The van der Waals surface area contributed by atoms with Gasteiger partial charge in [0, 0.05) is 6.42 Å². The van der Waals surface area contributed by atoms with Gasteiger partial charge in [0.1, 0.15) is 5.82 Å². The molecule has 1 heterocycles. The van der Waals surface area contributed by atoms with Gasteiger partial charge in [0.2, 0.25) is 0 Å². The zero-order valence-electron chi connectivity index (χ0n) is 13.1. The predicted octanol–water partition coefficient (Wildman–Crippen LogP) is 5.18. The van der Waals surface area contributed by atoms with Crippen LogP contribution in [-0.4, -0.2) is 5.71 Å². The first-order valence-electron chi connectivity index (χ1n) is 8.04. The van der Waals surface area contributed by atoms with Gasteiger partial charge in [-0.3, -0.25) is 5.01 Å². The van der Waals surface area contributed by atoms with Crippen LogP contribution in [0.25, 0.3) is 0 Å². The quantitative estimate of drug-likeness (QED) is 0.650. The Morgan fingerprint density at radius 2 is 1.42 bits per heavy atom. The van der Waals surface area contributed by atoms with E-state index >= 15 is 0 Å². The third-order valence-electron chi connectivity index (χ3n) is 4.29. The molecule has 2 nitrogen and oxygen atoms in total. The number of halogens is 1. The van der Waals surface area contributed by atoms with Crippen LogP contribution in [0.15, 0.2) is 90.0 Å². The Morgan fingerprint density at radius 1 is 0.792 bits per heavy atom. The SMILES string of the molecule is Fc1ccc(N2N=C(c3ccccc3)CC2c2ccccc2)cc1. The summed E-state index contributed by atoms with van der Waals surface area (Å²) >= 11 is 0. The summed E-state index contributed by atoms with van der Waals surface area (Å²) in [5.41, 5.74) is 4.28. The molecule has 0 bridgehead atoms. The second-order valence-electron chi connectivity index (χ2n) is 5.86. The molecule has 0 saturated carbocycles. The van der Waals surface area contributed by atoms with Gasteiger partial charge in [0.15, 0.2) is 0 Å². The lowest BCUT2D eigenvalue weighted by atomic mass is 9.98. The molecule has 0 fully saturated rings. The van der Waals surface area contributed by atoms with Gasteiger partial charge in [0.25, 0.3) is 0 Å². The standard InChI is InChI=1S/C21H17FN2/c22-18-11-13-19(14-12-18)24-21(17-9-5-2-6-10-17)15-20(23-24)16-7-3-1-4-8-16/h1-14,21H,15H2. The van der Waals surface area contributed by atoms with Gasteiger partial charge in [-0.25, -0.2) is 4.39 Å². The summed E-state index contributed by atoms with van der Waals surface area (Å²) in [6.07, 6.45) is 0.825. The number of hydrogen-bond acceptors (Lipinski definition) is 2. The number of anilines is 1. The lowest BCUT2D eigenvalue weighted by Crippen LogP contribution is -2.18. The van der Waals surface area contributed by atoms with Crippen LogP contribution in [0.4, 0.5) is 10.1 Å². The van der Waals surface area contributed by atoms with Crippen LogP contribution in [0.2, 0.25) is 0 Å². The average molecular weight is 316 g/mol. The maximum absolute atomic E-state index is 13.3. The van der Waals surface area contributed by atoms with Crippen molar-refractivity contribution < 1.29 is 4.39 Å². The van der Waals surface area contributed by atoms with E-state index < -0.39 is 0 Å². The topological polar surface area (TPSA) is 15.6 Å².